The molecule has 188 valence electrons. The fraction of sp³-hybridized carbons (Fsp3) is 0.429. The zero-order valence-corrected chi connectivity index (χ0v) is 20.8. The summed E-state index contributed by atoms with van der Waals surface area (Å²) in [5, 5.41) is 0. The van der Waals surface area contributed by atoms with Gasteiger partial charge in [-0.15, -0.1) is 0 Å². The summed E-state index contributed by atoms with van der Waals surface area (Å²) in [5.41, 5.74) is 3.75. The van der Waals surface area contributed by atoms with Gasteiger partial charge >= 0.3 is 0 Å². The molecule has 0 N–H and O–H groups in total. The summed E-state index contributed by atoms with van der Waals surface area (Å²) in [5.74, 6) is 3.95. The molecule has 3 aliphatic rings. The summed E-state index contributed by atoms with van der Waals surface area (Å²) in [7, 11) is 0. The molecule has 2 aromatic carbocycles. The van der Waals surface area contributed by atoms with Crippen molar-refractivity contribution in [2.75, 3.05) is 31.3 Å². The number of halogens is 1. The van der Waals surface area contributed by atoms with E-state index in [1.165, 1.54) is 11.6 Å². The molecule has 7 nitrogen and oxygen atoms in total. The molecule has 6 rings (SSSR count). The fourth-order valence-electron chi connectivity index (χ4n) is 5.09. The first-order valence-electron chi connectivity index (χ1n) is 12.7. The number of benzene rings is 2. The van der Waals surface area contributed by atoms with E-state index in [0.29, 0.717) is 23.7 Å². The van der Waals surface area contributed by atoms with Crippen molar-refractivity contribution in [1.29, 1.82) is 0 Å². The number of aryl methyl sites for hydroxylation is 1. The first-order valence-corrected chi connectivity index (χ1v) is 12.7. The van der Waals surface area contributed by atoms with E-state index in [9.17, 15) is 4.39 Å². The Labute approximate surface area is 210 Å². The topological polar surface area (TPSA) is 60.0 Å². The van der Waals surface area contributed by atoms with Gasteiger partial charge in [-0.2, -0.15) is 4.98 Å². The molecule has 0 aliphatic carbocycles. The van der Waals surface area contributed by atoms with Gasteiger partial charge in [0.2, 0.25) is 18.6 Å². The number of hydrogen-bond acceptors (Lipinski definition) is 7. The van der Waals surface area contributed by atoms with Crippen molar-refractivity contribution in [1.82, 2.24) is 14.9 Å². The number of aromatic nitrogens is 2. The molecule has 0 saturated carbocycles. The van der Waals surface area contributed by atoms with Crippen LogP contribution >= 0.6 is 0 Å². The van der Waals surface area contributed by atoms with E-state index in [4.69, 9.17) is 24.2 Å². The normalized spacial score (nSPS) is 17.8. The molecule has 1 aromatic heterocycles. The number of ether oxygens (including phenoxy) is 3. The predicted molar refractivity (Wildman–Crippen MR) is 134 cm³/mol. The van der Waals surface area contributed by atoms with Crippen LogP contribution in [0.1, 0.15) is 42.1 Å². The highest BCUT2D eigenvalue weighted by Crippen LogP contribution is 2.35. The average molecular weight is 491 g/mol. The minimum absolute atomic E-state index is 0.245. The molecule has 0 atom stereocenters. The number of piperidine rings is 1. The number of hydrogen-bond donors (Lipinski definition) is 0. The third-order valence-corrected chi connectivity index (χ3v) is 7.34. The second-order valence-electron chi connectivity index (χ2n) is 10.1. The highest BCUT2D eigenvalue weighted by Gasteiger charge is 2.27. The van der Waals surface area contributed by atoms with E-state index in [-0.39, 0.29) is 12.6 Å². The molecule has 4 heterocycles. The van der Waals surface area contributed by atoms with E-state index in [0.717, 1.165) is 80.1 Å². The van der Waals surface area contributed by atoms with E-state index in [1.807, 2.05) is 12.1 Å². The van der Waals surface area contributed by atoms with Crippen molar-refractivity contribution in [2.24, 2.45) is 5.92 Å². The lowest BCUT2D eigenvalue weighted by atomic mass is 9.99. The lowest BCUT2D eigenvalue weighted by Gasteiger charge is -2.33. The monoisotopic (exact) mass is 490 g/mol. The average Bonchev–Trinajstić information content (AvgIpc) is 3.35. The van der Waals surface area contributed by atoms with E-state index in [1.54, 1.807) is 19.1 Å². The summed E-state index contributed by atoms with van der Waals surface area (Å²) >= 11 is 0. The summed E-state index contributed by atoms with van der Waals surface area (Å²) in [6.45, 7) is 8.56. The van der Waals surface area contributed by atoms with Crippen LogP contribution in [0.3, 0.4) is 0 Å². The van der Waals surface area contributed by atoms with Crippen LogP contribution < -0.4 is 19.1 Å². The number of fused-ring (bicyclic) bond motifs is 2. The van der Waals surface area contributed by atoms with Crippen molar-refractivity contribution in [3.05, 3.63) is 64.6 Å². The predicted octanol–water partition coefficient (Wildman–Crippen LogP) is 5.24. The third-order valence-electron chi connectivity index (χ3n) is 7.34. The molecule has 1 saturated heterocycles. The van der Waals surface area contributed by atoms with Gasteiger partial charge in [-0.3, -0.25) is 4.90 Å². The van der Waals surface area contributed by atoms with Gasteiger partial charge in [0.15, 0.2) is 11.5 Å². The van der Waals surface area contributed by atoms with Crippen molar-refractivity contribution >= 4 is 5.95 Å². The zero-order valence-electron chi connectivity index (χ0n) is 20.8. The summed E-state index contributed by atoms with van der Waals surface area (Å²) in [6.07, 6.45) is 3.09. The number of rotatable bonds is 5. The van der Waals surface area contributed by atoms with E-state index < -0.39 is 0 Å². The SMILES string of the molecule is Cc1cc(Oc2nc(N3CCC(C)CC3)nc3c2CN(Cc2ccc4c(c2)OCO4)CC3)ccc1F. The fourth-order valence-corrected chi connectivity index (χ4v) is 5.09. The van der Waals surface area contributed by atoms with Gasteiger partial charge in [-0.05, 0) is 67.1 Å². The molecular weight excluding hydrogens is 459 g/mol. The van der Waals surface area contributed by atoms with Crippen LogP contribution in [-0.4, -0.2) is 41.3 Å². The minimum Gasteiger partial charge on any atom is -0.454 e. The number of anilines is 1. The van der Waals surface area contributed by atoms with Crippen molar-refractivity contribution in [3.8, 4) is 23.1 Å². The molecule has 1 fully saturated rings. The summed E-state index contributed by atoms with van der Waals surface area (Å²) in [6, 6.07) is 10.9. The van der Waals surface area contributed by atoms with Gasteiger partial charge in [-0.25, -0.2) is 9.37 Å². The van der Waals surface area contributed by atoms with Gasteiger partial charge in [0.05, 0.1) is 11.3 Å². The van der Waals surface area contributed by atoms with Crippen LogP contribution in [0.2, 0.25) is 0 Å². The van der Waals surface area contributed by atoms with Crippen LogP contribution in [0, 0.1) is 18.7 Å². The summed E-state index contributed by atoms with van der Waals surface area (Å²) in [4.78, 5) is 14.5. The molecule has 0 bridgehead atoms. The van der Waals surface area contributed by atoms with Gasteiger partial charge in [-0.1, -0.05) is 13.0 Å². The Morgan fingerprint density at radius 1 is 1.03 bits per heavy atom. The maximum atomic E-state index is 13.9. The van der Waals surface area contributed by atoms with Gasteiger partial charge in [0, 0.05) is 39.1 Å². The van der Waals surface area contributed by atoms with Crippen molar-refractivity contribution in [2.45, 2.75) is 46.2 Å². The molecule has 8 heteroatoms. The van der Waals surface area contributed by atoms with Gasteiger partial charge in [0.25, 0.3) is 0 Å². The maximum absolute atomic E-state index is 13.9. The third kappa shape index (κ3) is 4.69. The standard InChI is InChI=1S/C28H31FN4O3/c1-18-7-11-33(12-8-18)28-30-24-9-10-32(15-20-3-6-25-26(14-20)35-17-34-25)16-22(24)27(31-28)36-21-4-5-23(29)19(2)13-21/h3-6,13-14,18H,7-12,15-17H2,1-2H3. The minimum atomic E-state index is -0.245. The molecule has 0 spiro atoms. The molecule has 0 unspecified atom stereocenters. The lowest BCUT2D eigenvalue weighted by Crippen LogP contribution is -2.36. The quantitative estimate of drug-likeness (QED) is 0.485. The van der Waals surface area contributed by atoms with Crippen molar-refractivity contribution in [3.63, 3.8) is 0 Å². The van der Waals surface area contributed by atoms with E-state index >= 15 is 0 Å². The van der Waals surface area contributed by atoms with Gasteiger partial charge in [0.1, 0.15) is 11.6 Å². The Morgan fingerprint density at radius 2 is 1.86 bits per heavy atom. The second kappa shape index (κ2) is 9.58. The first kappa shape index (κ1) is 23.0. The molecule has 3 aliphatic heterocycles. The van der Waals surface area contributed by atoms with Crippen LogP contribution in [0.4, 0.5) is 10.3 Å². The Balaban J connectivity index is 1.29. The second-order valence-corrected chi connectivity index (χ2v) is 10.1. The van der Waals surface area contributed by atoms with Crippen molar-refractivity contribution < 1.29 is 18.6 Å². The first-order chi connectivity index (χ1) is 17.5. The Kier molecular flexibility index (Phi) is 6.13. The van der Waals surface area contributed by atoms with Crippen LogP contribution in [0.5, 0.6) is 23.1 Å². The molecule has 36 heavy (non-hydrogen) atoms. The van der Waals surface area contributed by atoms with Gasteiger partial charge < -0.3 is 19.1 Å². The highest BCUT2D eigenvalue weighted by atomic mass is 19.1. The van der Waals surface area contributed by atoms with Crippen LogP contribution in [0.15, 0.2) is 36.4 Å². The zero-order chi connectivity index (χ0) is 24.6. The van der Waals surface area contributed by atoms with Crippen LogP contribution in [0.25, 0.3) is 0 Å². The van der Waals surface area contributed by atoms with Crippen LogP contribution in [-0.2, 0) is 19.5 Å². The van der Waals surface area contributed by atoms with E-state index in [2.05, 4.69) is 22.8 Å². The Hall–Kier alpha value is -3.39. The molecule has 0 radical (unpaired) electrons. The lowest BCUT2D eigenvalue weighted by molar-refractivity contribution is 0.174. The Bertz CT molecular complexity index is 1280. The number of nitrogens with zero attached hydrogens (tertiary/aromatic N) is 4. The molecular formula is C28H31FN4O3. The maximum Gasteiger partial charge on any atom is 0.231 e. The Morgan fingerprint density at radius 3 is 2.69 bits per heavy atom. The smallest absolute Gasteiger partial charge is 0.231 e. The summed E-state index contributed by atoms with van der Waals surface area (Å²) < 4.78 is 31.2. The highest BCUT2D eigenvalue weighted by molar-refractivity contribution is 5.46. The molecule has 0 amide bonds. The molecule has 3 aromatic rings. The largest absolute Gasteiger partial charge is 0.454 e.